The Bertz CT molecular complexity index is 187. The van der Waals surface area contributed by atoms with E-state index in [0.29, 0.717) is 0 Å². The second-order valence-electron chi connectivity index (χ2n) is 3.47. The highest BCUT2D eigenvalue weighted by atomic mass is 32.2. The van der Waals surface area contributed by atoms with Gasteiger partial charge in [-0.05, 0) is 13.3 Å². The molecule has 0 aliphatic carbocycles. The normalized spacial score (nSPS) is 34.9. The summed E-state index contributed by atoms with van der Waals surface area (Å²) in [5, 5.41) is 12.1. The van der Waals surface area contributed by atoms with Crippen LogP contribution in [0.25, 0.3) is 0 Å². The molecular weight excluding hydrogens is 168 g/mol. The lowest BCUT2D eigenvalue weighted by molar-refractivity contribution is 0.461. The lowest BCUT2D eigenvalue weighted by Gasteiger charge is -2.23. The number of nitrogens with zero attached hydrogens (tertiary/aromatic N) is 1. The molecule has 1 fully saturated rings. The summed E-state index contributed by atoms with van der Waals surface area (Å²) in [6.07, 6.45) is 3.65. The molecule has 68 valence electrons. The monoisotopic (exact) mass is 184 g/mol. The van der Waals surface area contributed by atoms with Crippen molar-refractivity contribution < 1.29 is 0 Å². The highest BCUT2D eigenvalue weighted by Gasteiger charge is 2.33. The lowest BCUT2D eigenvalue weighted by atomic mass is 10.1. The number of rotatable bonds is 3. The Kier molecular flexibility index (Phi) is 3.42. The van der Waals surface area contributed by atoms with Gasteiger partial charge in [-0.1, -0.05) is 19.8 Å². The predicted octanol–water partition coefficient (Wildman–Crippen LogP) is 2.12. The van der Waals surface area contributed by atoms with Crippen molar-refractivity contribution in [2.75, 3.05) is 5.75 Å². The maximum absolute atomic E-state index is 8.70. The third kappa shape index (κ3) is 2.40. The summed E-state index contributed by atoms with van der Waals surface area (Å²) >= 11 is 1.88. The molecule has 1 rings (SSSR count). The first-order chi connectivity index (χ1) is 5.70. The topological polar surface area (TPSA) is 35.8 Å². The molecule has 0 aromatic carbocycles. The van der Waals surface area contributed by atoms with E-state index in [1.807, 2.05) is 11.8 Å². The summed E-state index contributed by atoms with van der Waals surface area (Å²) in [4.78, 5) is 0.163. The maximum atomic E-state index is 8.70. The van der Waals surface area contributed by atoms with Crippen molar-refractivity contribution in [1.29, 1.82) is 5.26 Å². The van der Waals surface area contributed by atoms with Gasteiger partial charge in [-0.2, -0.15) is 5.26 Å². The molecule has 0 aromatic heterocycles. The van der Waals surface area contributed by atoms with E-state index in [0.717, 1.165) is 5.75 Å². The van der Waals surface area contributed by atoms with Crippen LogP contribution in [-0.2, 0) is 0 Å². The van der Waals surface area contributed by atoms with Crippen LogP contribution in [0.4, 0.5) is 0 Å². The second kappa shape index (κ2) is 4.15. The number of nitriles is 1. The summed E-state index contributed by atoms with van der Waals surface area (Å²) in [5.41, 5.74) is 0. The Hall–Kier alpha value is -0.200. The first-order valence-electron chi connectivity index (χ1n) is 4.51. The van der Waals surface area contributed by atoms with Crippen molar-refractivity contribution >= 4 is 11.8 Å². The van der Waals surface area contributed by atoms with Gasteiger partial charge < -0.3 is 0 Å². The van der Waals surface area contributed by atoms with E-state index >= 15 is 0 Å². The fraction of sp³-hybridized carbons (Fsp3) is 0.889. The highest BCUT2D eigenvalue weighted by Crippen LogP contribution is 2.33. The second-order valence-corrected chi connectivity index (χ2v) is 4.99. The Morgan fingerprint density at radius 2 is 2.50 bits per heavy atom. The van der Waals surface area contributed by atoms with Crippen molar-refractivity contribution in [3.05, 3.63) is 0 Å². The number of thioether (sulfide) groups is 1. The Balaban J connectivity index is 2.37. The molecule has 0 spiro atoms. The molecular formula is C9H16N2S. The van der Waals surface area contributed by atoms with Gasteiger partial charge >= 0.3 is 0 Å². The van der Waals surface area contributed by atoms with Gasteiger partial charge in [-0.3, -0.25) is 5.32 Å². The summed E-state index contributed by atoms with van der Waals surface area (Å²) in [6, 6.07) is 2.33. The lowest BCUT2D eigenvalue weighted by Crippen LogP contribution is -2.38. The molecule has 1 aliphatic rings. The summed E-state index contributed by atoms with van der Waals surface area (Å²) in [7, 11) is 0. The molecule has 1 N–H and O–H groups in total. The quantitative estimate of drug-likeness (QED) is 0.730. The fourth-order valence-electron chi connectivity index (χ4n) is 1.45. The SMILES string of the molecule is CCCCC1(C)NC(C#N)CS1. The fourth-order valence-corrected chi connectivity index (χ4v) is 2.65. The van der Waals surface area contributed by atoms with Gasteiger partial charge in [-0.25, -0.2) is 0 Å². The van der Waals surface area contributed by atoms with E-state index in [4.69, 9.17) is 5.26 Å². The van der Waals surface area contributed by atoms with Crippen molar-refractivity contribution in [1.82, 2.24) is 5.32 Å². The smallest absolute Gasteiger partial charge is 0.106 e. The van der Waals surface area contributed by atoms with Gasteiger partial charge in [0, 0.05) is 5.75 Å². The van der Waals surface area contributed by atoms with Crippen molar-refractivity contribution in [2.24, 2.45) is 0 Å². The average Bonchev–Trinajstić information content (AvgIpc) is 2.45. The van der Waals surface area contributed by atoms with Crippen molar-refractivity contribution in [3.8, 4) is 6.07 Å². The van der Waals surface area contributed by atoms with E-state index in [1.165, 1.54) is 19.3 Å². The zero-order valence-corrected chi connectivity index (χ0v) is 8.58. The van der Waals surface area contributed by atoms with Crippen LogP contribution in [0.3, 0.4) is 0 Å². The molecule has 3 heteroatoms. The van der Waals surface area contributed by atoms with Crippen molar-refractivity contribution in [2.45, 2.75) is 44.0 Å². The van der Waals surface area contributed by atoms with Crippen LogP contribution in [0.1, 0.15) is 33.1 Å². The minimum Gasteiger partial charge on any atom is -0.287 e. The third-order valence-electron chi connectivity index (χ3n) is 2.21. The highest BCUT2D eigenvalue weighted by molar-refractivity contribution is 8.00. The van der Waals surface area contributed by atoms with E-state index in [1.54, 1.807) is 0 Å². The molecule has 0 saturated carbocycles. The number of nitrogens with one attached hydrogen (secondary N) is 1. The van der Waals surface area contributed by atoms with Crippen LogP contribution >= 0.6 is 11.8 Å². The summed E-state index contributed by atoms with van der Waals surface area (Å²) in [5.74, 6) is 0.941. The van der Waals surface area contributed by atoms with E-state index in [9.17, 15) is 0 Å². The Morgan fingerprint density at radius 3 is 3.00 bits per heavy atom. The zero-order valence-electron chi connectivity index (χ0n) is 7.76. The molecule has 1 aliphatic heterocycles. The molecule has 2 nitrogen and oxygen atoms in total. The third-order valence-corrected chi connectivity index (χ3v) is 3.67. The van der Waals surface area contributed by atoms with Gasteiger partial charge in [-0.15, -0.1) is 11.8 Å². The standard InChI is InChI=1S/C9H16N2S/c1-3-4-5-9(2)11-8(6-10)7-12-9/h8,11H,3-5,7H2,1-2H3. The molecule has 2 atom stereocenters. The van der Waals surface area contributed by atoms with Crippen molar-refractivity contribution in [3.63, 3.8) is 0 Å². The molecule has 0 bridgehead atoms. The van der Waals surface area contributed by atoms with Gasteiger partial charge in [0.1, 0.15) is 6.04 Å². The van der Waals surface area contributed by atoms with Gasteiger partial charge in [0.25, 0.3) is 0 Å². The molecule has 1 saturated heterocycles. The molecule has 0 aromatic rings. The maximum Gasteiger partial charge on any atom is 0.106 e. The van der Waals surface area contributed by atoms with Gasteiger partial charge in [0.15, 0.2) is 0 Å². The number of hydrogen-bond donors (Lipinski definition) is 1. The summed E-state index contributed by atoms with van der Waals surface area (Å²) in [6.45, 7) is 4.40. The number of hydrogen-bond acceptors (Lipinski definition) is 3. The Labute approximate surface area is 78.7 Å². The van der Waals surface area contributed by atoms with Gasteiger partial charge in [0.05, 0.1) is 10.9 Å². The largest absolute Gasteiger partial charge is 0.287 e. The van der Waals surface area contributed by atoms with Crippen LogP contribution < -0.4 is 5.32 Å². The first-order valence-corrected chi connectivity index (χ1v) is 5.50. The van der Waals surface area contributed by atoms with Crippen LogP contribution in [0, 0.1) is 11.3 Å². The summed E-state index contributed by atoms with van der Waals surface area (Å²) < 4.78 is 0. The van der Waals surface area contributed by atoms with E-state index in [-0.39, 0.29) is 10.9 Å². The van der Waals surface area contributed by atoms with Crippen LogP contribution in [0.2, 0.25) is 0 Å². The molecule has 12 heavy (non-hydrogen) atoms. The van der Waals surface area contributed by atoms with Crippen LogP contribution in [-0.4, -0.2) is 16.7 Å². The average molecular weight is 184 g/mol. The predicted molar refractivity (Wildman–Crippen MR) is 52.9 cm³/mol. The van der Waals surface area contributed by atoms with Gasteiger partial charge in [0.2, 0.25) is 0 Å². The molecule has 1 heterocycles. The minimum absolute atomic E-state index is 0.0665. The number of unbranched alkanes of at least 4 members (excludes halogenated alkanes) is 1. The van der Waals surface area contributed by atoms with Crippen LogP contribution in [0.5, 0.6) is 0 Å². The van der Waals surface area contributed by atoms with E-state index < -0.39 is 0 Å². The molecule has 0 amide bonds. The molecule has 2 unspecified atom stereocenters. The molecule has 0 radical (unpaired) electrons. The van der Waals surface area contributed by atoms with Crippen LogP contribution in [0.15, 0.2) is 0 Å². The Morgan fingerprint density at radius 1 is 1.75 bits per heavy atom. The minimum atomic E-state index is 0.0665. The zero-order chi connectivity index (χ0) is 9.03. The first kappa shape index (κ1) is 9.88. The van der Waals surface area contributed by atoms with E-state index in [2.05, 4.69) is 25.2 Å².